The van der Waals surface area contributed by atoms with E-state index in [9.17, 15) is 31.1 Å². The lowest BCUT2D eigenvalue weighted by Gasteiger charge is -2.30. The highest BCUT2D eigenvalue weighted by atomic mass is 19.4. The van der Waals surface area contributed by atoms with Crippen LogP contribution in [-0.4, -0.2) is 42.2 Å². The standard InChI is InChI=1S/C9H11F6NO/c10-6(8(11,12)9(13,14)15)7(17)16-4-2-1-3-5-16/h6H,1-5H2. The van der Waals surface area contributed by atoms with Gasteiger partial charge in [0.2, 0.25) is 0 Å². The van der Waals surface area contributed by atoms with Gasteiger partial charge >= 0.3 is 12.1 Å². The molecule has 1 saturated heterocycles. The number of hydrogen-bond donors (Lipinski definition) is 0. The van der Waals surface area contributed by atoms with Crippen molar-refractivity contribution in [1.82, 2.24) is 4.90 Å². The number of alkyl halides is 6. The number of amides is 1. The van der Waals surface area contributed by atoms with Crippen molar-refractivity contribution >= 4 is 5.91 Å². The van der Waals surface area contributed by atoms with Gasteiger partial charge in [-0.25, -0.2) is 4.39 Å². The molecule has 0 bridgehead atoms. The van der Waals surface area contributed by atoms with Gasteiger partial charge < -0.3 is 4.90 Å². The molecular formula is C9H11F6NO. The van der Waals surface area contributed by atoms with Gasteiger partial charge in [-0.2, -0.15) is 22.0 Å². The number of piperidine rings is 1. The van der Waals surface area contributed by atoms with Gasteiger partial charge in [-0.05, 0) is 19.3 Å². The summed E-state index contributed by atoms with van der Waals surface area (Å²) in [6.07, 6.45) is -8.21. The molecule has 0 aliphatic carbocycles. The second-order valence-corrected chi connectivity index (χ2v) is 3.87. The molecule has 2 nitrogen and oxygen atoms in total. The summed E-state index contributed by atoms with van der Waals surface area (Å²) in [4.78, 5) is 11.9. The van der Waals surface area contributed by atoms with Crippen molar-refractivity contribution < 1.29 is 31.1 Å². The fourth-order valence-corrected chi connectivity index (χ4v) is 1.57. The molecule has 0 spiro atoms. The van der Waals surface area contributed by atoms with Crippen LogP contribution in [0, 0.1) is 0 Å². The maximum Gasteiger partial charge on any atom is 0.457 e. The Kier molecular flexibility index (Phi) is 3.93. The molecule has 1 amide bonds. The highest BCUT2D eigenvalue weighted by Crippen LogP contribution is 2.40. The molecule has 0 N–H and O–H groups in total. The van der Waals surface area contributed by atoms with E-state index >= 15 is 0 Å². The van der Waals surface area contributed by atoms with E-state index < -0.39 is 24.2 Å². The topological polar surface area (TPSA) is 20.3 Å². The van der Waals surface area contributed by atoms with Crippen molar-refractivity contribution in [2.75, 3.05) is 13.1 Å². The van der Waals surface area contributed by atoms with Crippen molar-refractivity contribution in [2.45, 2.75) is 37.5 Å². The highest BCUT2D eigenvalue weighted by molar-refractivity contribution is 5.82. The smallest absolute Gasteiger partial charge is 0.340 e. The Hall–Kier alpha value is -0.950. The first-order chi connectivity index (χ1) is 7.68. The summed E-state index contributed by atoms with van der Waals surface area (Å²) in [5.41, 5.74) is 0. The van der Waals surface area contributed by atoms with Gasteiger partial charge in [-0.3, -0.25) is 4.79 Å². The first-order valence-corrected chi connectivity index (χ1v) is 5.05. The second kappa shape index (κ2) is 4.73. The maximum atomic E-state index is 13.0. The van der Waals surface area contributed by atoms with Crippen LogP contribution in [0.25, 0.3) is 0 Å². The van der Waals surface area contributed by atoms with Gasteiger partial charge in [0.05, 0.1) is 0 Å². The summed E-state index contributed by atoms with van der Waals surface area (Å²) in [6, 6.07) is 0. The molecule has 8 heteroatoms. The van der Waals surface area contributed by atoms with E-state index in [-0.39, 0.29) is 13.1 Å². The zero-order chi connectivity index (χ0) is 13.3. The summed E-state index contributed by atoms with van der Waals surface area (Å²) in [6.45, 7) is 0.0420. The first kappa shape index (κ1) is 14.1. The number of hydrogen-bond acceptors (Lipinski definition) is 1. The van der Waals surface area contributed by atoms with Crippen LogP contribution in [-0.2, 0) is 4.79 Å². The van der Waals surface area contributed by atoms with E-state index in [0.29, 0.717) is 17.7 Å². The third kappa shape index (κ3) is 2.84. The quantitative estimate of drug-likeness (QED) is 0.701. The maximum absolute atomic E-state index is 13.0. The average Bonchev–Trinajstić information content (AvgIpc) is 2.26. The molecule has 0 aromatic carbocycles. The van der Waals surface area contributed by atoms with Gasteiger partial charge in [0, 0.05) is 13.1 Å². The Bertz CT molecular complexity index is 284. The number of carbonyl (C=O) groups excluding carboxylic acids is 1. The predicted octanol–water partition coefficient (Wildman–Crippen LogP) is 2.53. The van der Waals surface area contributed by atoms with E-state index in [0.717, 1.165) is 6.42 Å². The molecule has 1 fully saturated rings. The Labute approximate surface area is 93.6 Å². The monoisotopic (exact) mass is 263 g/mol. The molecule has 1 atom stereocenters. The SMILES string of the molecule is O=C(C(F)C(F)(F)C(F)(F)F)N1CCCCC1. The van der Waals surface area contributed by atoms with Crippen molar-refractivity contribution in [3.63, 3.8) is 0 Å². The minimum atomic E-state index is -6.06. The third-order valence-corrected chi connectivity index (χ3v) is 2.58. The lowest BCUT2D eigenvalue weighted by Crippen LogP contribution is -2.53. The number of rotatable bonds is 2. The predicted molar refractivity (Wildman–Crippen MR) is 46.3 cm³/mol. The third-order valence-electron chi connectivity index (χ3n) is 2.58. The summed E-state index contributed by atoms with van der Waals surface area (Å²) >= 11 is 0. The van der Waals surface area contributed by atoms with Crippen molar-refractivity contribution in [1.29, 1.82) is 0 Å². The molecule has 1 rings (SSSR count). The van der Waals surface area contributed by atoms with Gasteiger partial charge in [0.15, 0.2) is 0 Å². The van der Waals surface area contributed by atoms with Crippen LogP contribution in [0.15, 0.2) is 0 Å². The van der Waals surface area contributed by atoms with Crippen molar-refractivity contribution in [3.8, 4) is 0 Å². The molecular weight excluding hydrogens is 252 g/mol. The van der Waals surface area contributed by atoms with Crippen LogP contribution in [0.3, 0.4) is 0 Å². The summed E-state index contributed by atoms with van der Waals surface area (Å²) < 4.78 is 73.7. The fraction of sp³-hybridized carbons (Fsp3) is 0.889. The Morgan fingerprint density at radius 3 is 1.88 bits per heavy atom. The van der Waals surface area contributed by atoms with E-state index in [2.05, 4.69) is 0 Å². The largest absolute Gasteiger partial charge is 0.457 e. The van der Waals surface area contributed by atoms with Crippen molar-refractivity contribution in [2.24, 2.45) is 0 Å². The fourth-order valence-electron chi connectivity index (χ4n) is 1.57. The molecule has 17 heavy (non-hydrogen) atoms. The molecule has 1 unspecified atom stereocenters. The molecule has 100 valence electrons. The van der Waals surface area contributed by atoms with Crippen LogP contribution in [0.2, 0.25) is 0 Å². The molecule has 0 saturated carbocycles. The van der Waals surface area contributed by atoms with Crippen LogP contribution in [0.5, 0.6) is 0 Å². The Morgan fingerprint density at radius 1 is 1.00 bits per heavy atom. The molecule has 1 aliphatic heterocycles. The van der Waals surface area contributed by atoms with E-state index in [1.807, 2.05) is 0 Å². The molecule has 1 heterocycles. The van der Waals surface area contributed by atoms with E-state index in [1.165, 1.54) is 0 Å². The number of halogens is 6. The van der Waals surface area contributed by atoms with Gasteiger partial charge in [0.25, 0.3) is 12.1 Å². The van der Waals surface area contributed by atoms with E-state index in [1.54, 1.807) is 0 Å². The van der Waals surface area contributed by atoms with Crippen LogP contribution in [0.4, 0.5) is 26.3 Å². The number of nitrogens with zero attached hydrogens (tertiary/aromatic N) is 1. The van der Waals surface area contributed by atoms with Crippen molar-refractivity contribution in [3.05, 3.63) is 0 Å². The summed E-state index contributed by atoms with van der Waals surface area (Å²) in [7, 11) is 0. The van der Waals surface area contributed by atoms with E-state index in [4.69, 9.17) is 0 Å². The number of carbonyl (C=O) groups is 1. The number of likely N-dealkylation sites (tertiary alicyclic amines) is 1. The van der Waals surface area contributed by atoms with Gasteiger partial charge in [-0.1, -0.05) is 0 Å². The van der Waals surface area contributed by atoms with Crippen LogP contribution in [0.1, 0.15) is 19.3 Å². The summed E-state index contributed by atoms with van der Waals surface area (Å²) in [5.74, 6) is -7.42. The molecule has 0 aromatic heterocycles. The lowest BCUT2D eigenvalue weighted by atomic mass is 10.1. The Morgan fingerprint density at radius 2 is 1.47 bits per heavy atom. The molecule has 0 radical (unpaired) electrons. The summed E-state index contributed by atoms with van der Waals surface area (Å²) in [5, 5.41) is 0. The lowest BCUT2D eigenvalue weighted by molar-refractivity contribution is -0.300. The first-order valence-electron chi connectivity index (χ1n) is 5.05. The molecule has 0 aromatic rings. The molecule has 1 aliphatic rings. The second-order valence-electron chi connectivity index (χ2n) is 3.87. The normalized spacial score (nSPS) is 20.2. The van der Waals surface area contributed by atoms with Gasteiger partial charge in [-0.15, -0.1) is 0 Å². The minimum absolute atomic E-state index is 0.0210. The zero-order valence-electron chi connectivity index (χ0n) is 8.74. The van der Waals surface area contributed by atoms with Crippen LogP contribution >= 0.6 is 0 Å². The van der Waals surface area contributed by atoms with Crippen LogP contribution < -0.4 is 0 Å². The zero-order valence-corrected chi connectivity index (χ0v) is 8.74. The highest BCUT2D eigenvalue weighted by Gasteiger charge is 2.66. The Balaban J connectivity index is 2.74. The minimum Gasteiger partial charge on any atom is -0.340 e. The average molecular weight is 263 g/mol. The van der Waals surface area contributed by atoms with Gasteiger partial charge in [0.1, 0.15) is 0 Å².